The average molecular weight is 268 g/mol. The highest BCUT2D eigenvalue weighted by atomic mass is 16.7. The Labute approximate surface area is 115 Å². The summed E-state index contributed by atoms with van der Waals surface area (Å²) in [5.41, 5.74) is 0.0217. The molecule has 0 spiro atoms. The molecule has 108 valence electrons. The maximum Gasteiger partial charge on any atom is 0.233 e. The van der Waals surface area contributed by atoms with Gasteiger partial charge in [0.2, 0.25) is 11.7 Å². The van der Waals surface area contributed by atoms with Crippen LogP contribution in [0.15, 0.2) is 24.5 Å². The third-order valence-electron chi connectivity index (χ3n) is 3.34. The maximum atomic E-state index is 7.72. The van der Waals surface area contributed by atoms with Gasteiger partial charge in [-0.2, -0.15) is 0 Å². The van der Waals surface area contributed by atoms with Gasteiger partial charge in [0.1, 0.15) is 5.54 Å². The Morgan fingerprint density at radius 2 is 2.00 bits per heavy atom. The molecule has 0 radical (unpaired) electrons. The van der Waals surface area contributed by atoms with E-state index in [0.29, 0.717) is 5.57 Å². The Kier molecular flexibility index (Phi) is 4.43. The minimum atomic E-state index is -0.684. The van der Waals surface area contributed by atoms with Gasteiger partial charge in [-0.15, -0.1) is 5.06 Å². The molecule has 0 aromatic heterocycles. The molecule has 0 fully saturated rings. The number of ether oxygens (including phenoxy) is 2. The van der Waals surface area contributed by atoms with Crippen molar-refractivity contribution in [2.24, 2.45) is 0 Å². The van der Waals surface area contributed by atoms with Crippen LogP contribution in [0.4, 0.5) is 0 Å². The van der Waals surface area contributed by atoms with Crippen molar-refractivity contribution in [3.05, 3.63) is 24.5 Å². The fraction of sp³-hybridized carbons (Fsp3) is 0.643. The third kappa shape index (κ3) is 3.58. The van der Waals surface area contributed by atoms with Crippen molar-refractivity contribution < 1.29 is 14.3 Å². The highest BCUT2D eigenvalue weighted by Gasteiger charge is 2.41. The van der Waals surface area contributed by atoms with E-state index in [4.69, 9.17) is 19.7 Å². The molecule has 5 heteroatoms. The smallest absolute Gasteiger partial charge is 0.233 e. The molecule has 0 aromatic rings. The maximum absolute atomic E-state index is 7.72. The number of hydrogen-bond acceptors (Lipinski definition) is 5. The summed E-state index contributed by atoms with van der Waals surface area (Å²) in [5, 5.41) is 9.31. The lowest BCUT2D eigenvalue weighted by atomic mass is 9.95. The molecule has 0 saturated carbocycles. The van der Waals surface area contributed by atoms with Crippen LogP contribution in [-0.2, 0) is 14.3 Å². The molecule has 1 heterocycles. The lowest BCUT2D eigenvalue weighted by Gasteiger charge is -2.39. The van der Waals surface area contributed by atoms with E-state index in [0.717, 1.165) is 0 Å². The fourth-order valence-electron chi connectivity index (χ4n) is 1.72. The number of nitrogens with zero attached hydrogens (tertiary/aromatic N) is 1. The molecule has 1 rings (SSSR count). The molecule has 0 saturated heterocycles. The van der Waals surface area contributed by atoms with Crippen LogP contribution in [0.1, 0.15) is 34.6 Å². The van der Waals surface area contributed by atoms with Crippen LogP contribution in [0.3, 0.4) is 0 Å². The van der Waals surface area contributed by atoms with Gasteiger partial charge >= 0.3 is 0 Å². The molecule has 19 heavy (non-hydrogen) atoms. The molecule has 1 aliphatic heterocycles. The number of hydrogen-bond donors (Lipinski definition) is 1. The largest absolute Gasteiger partial charge is 0.471 e. The highest BCUT2D eigenvalue weighted by Crippen LogP contribution is 2.30. The zero-order valence-corrected chi connectivity index (χ0v) is 12.6. The van der Waals surface area contributed by atoms with Crippen LogP contribution in [0, 0.1) is 5.41 Å². The van der Waals surface area contributed by atoms with Gasteiger partial charge in [0.25, 0.3) is 0 Å². The van der Waals surface area contributed by atoms with E-state index < -0.39 is 11.3 Å². The molecule has 0 aliphatic carbocycles. The van der Waals surface area contributed by atoms with E-state index in [1.165, 1.54) is 0 Å². The standard InChI is InChI=1S/C14H24N2O3/c1-10(2)12(15)19-16(7)14(6)8-9-17-13(4,5)18-11(14)3/h8-9,11,15H,1H2,2-7H3/t11-,14?/m0/s1. The van der Waals surface area contributed by atoms with Crippen LogP contribution >= 0.6 is 0 Å². The van der Waals surface area contributed by atoms with Crippen LogP contribution in [0.2, 0.25) is 0 Å². The van der Waals surface area contributed by atoms with E-state index in [-0.39, 0.29) is 12.0 Å². The molecular weight excluding hydrogens is 244 g/mol. The summed E-state index contributed by atoms with van der Waals surface area (Å²) in [6.45, 7) is 13.0. The molecule has 2 atom stereocenters. The van der Waals surface area contributed by atoms with Crippen molar-refractivity contribution in [3.8, 4) is 0 Å². The van der Waals surface area contributed by atoms with Gasteiger partial charge in [-0.25, -0.2) is 0 Å². The Hall–Kier alpha value is -1.33. The SMILES string of the molecule is C=C(C)C(=N)ON(C)C1(C)C=COC(C)(C)O[C@H]1C. The summed E-state index contributed by atoms with van der Waals surface area (Å²) in [5.74, 6) is -0.648. The number of hydroxylamine groups is 2. The van der Waals surface area contributed by atoms with Gasteiger partial charge in [-0.1, -0.05) is 6.58 Å². The lowest BCUT2D eigenvalue weighted by molar-refractivity contribution is -0.236. The minimum Gasteiger partial charge on any atom is -0.471 e. The predicted molar refractivity (Wildman–Crippen MR) is 74.6 cm³/mol. The first-order chi connectivity index (χ1) is 8.58. The van der Waals surface area contributed by atoms with E-state index in [9.17, 15) is 0 Å². The summed E-state index contributed by atoms with van der Waals surface area (Å²) >= 11 is 0. The van der Waals surface area contributed by atoms with Crippen molar-refractivity contribution in [2.45, 2.75) is 52.0 Å². The number of rotatable bonds is 3. The lowest BCUT2D eigenvalue weighted by Crippen LogP contribution is -2.53. The molecular formula is C14H24N2O3. The second-order valence-corrected chi connectivity index (χ2v) is 5.50. The zero-order valence-electron chi connectivity index (χ0n) is 12.6. The molecule has 0 bridgehead atoms. The topological polar surface area (TPSA) is 54.8 Å². The molecule has 0 aromatic carbocycles. The summed E-state index contributed by atoms with van der Waals surface area (Å²) < 4.78 is 11.4. The predicted octanol–water partition coefficient (Wildman–Crippen LogP) is 2.85. The molecule has 0 amide bonds. The van der Waals surface area contributed by atoms with Crippen molar-refractivity contribution >= 4 is 5.90 Å². The number of likely N-dealkylation sites (N-methyl/N-ethyl adjacent to an activating group) is 1. The monoisotopic (exact) mass is 268 g/mol. The van der Waals surface area contributed by atoms with E-state index >= 15 is 0 Å². The van der Waals surface area contributed by atoms with Crippen LogP contribution in [0.25, 0.3) is 0 Å². The van der Waals surface area contributed by atoms with Crippen molar-refractivity contribution in [1.82, 2.24) is 5.06 Å². The Balaban J connectivity index is 2.90. The van der Waals surface area contributed by atoms with Gasteiger partial charge < -0.3 is 14.3 Å². The average Bonchev–Trinajstić information content (AvgIpc) is 2.36. The quantitative estimate of drug-likeness (QED) is 0.486. The van der Waals surface area contributed by atoms with Gasteiger partial charge in [0, 0.05) is 26.5 Å². The van der Waals surface area contributed by atoms with E-state index in [2.05, 4.69) is 6.58 Å². The summed E-state index contributed by atoms with van der Waals surface area (Å²) in [7, 11) is 1.76. The minimum absolute atomic E-state index is 0.0359. The van der Waals surface area contributed by atoms with Crippen LogP contribution in [0.5, 0.6) is 0 Å². The first-order valence-electron chi connectivity index (χ1n) is 6.28. The first-order valence-corrected chi connectivity index (χ1v) is 6.28. The van der Waals surface area contributed by atoms with Crippen molar-refractivity contribution in [2.75, 3.05) is 7.05 Å². The summed E-state index contributed by atoms with van der Waals surface area (Å²) in [6, 6.07) is 0. The van der Waals surface area contributed by atoms with Crippen molar-refractivity contribution in [3.63, 3.8) is 0 Å². The molecule has 5 nitrogen and oxygen atoms in total. The van der Waals surface area contributed by atoms with Gasteiger partial charge in [-0.05, 0) is 26.8 Å². The Morgan fingerprint density at radius 3 is 2.53 bits per heavy atom. The Morgan fingerprint density at radius 1 is 1.42 bits per heavy atom. The van der Waals surface area contributed by atoms with Gasteiger partial charge in [-0.3, -0.25) is 5.41 Å². The van der Waals surface area contributed by atoms with Gasteiger partial charge in [0.15, 0.2) is 0 Å². The summed E-state index contributed by atoms with van der Waals surface area (Å²) in [4.78, 5) is 5.48. The van der Waals surface area contributed by atoms with Crippen LogP contribution in [-0.4, -0.2) is 35.4 Å². The first kappa shape index (κ1) is 15.7. The second kappa shape index (κ2) is 5.35. The molecule has 1 aliphatic rings. The van der Waals surface area contributed by atoms with E-state index in [1.54, 1.807) is 25.3 Å². The van der Waals surface area contributed by atoms with Gasteiger partial charge in [0.05, 0.1) is 12.4 Å². The zero-order chi connectivity index (χ0) is 14.8. The highest BCUT2D eigenvalue weighted by molar-refractivity contribution is 5.89. The number of nitrogens with one attached hydrogen (secondary N) is 1. The Bertz CT molecular complexity index is 403. The third-order valence-corrected chi connectivity index (χ3v) is 3.34. The fourth-order valence-corrected chi connectivity index (χ4v) is 1.72. The molecule has 1 unspecified atom stereocenters. The van der Waals surface area contributed by atoms with E-state index in [1.807, 2.05) is 33.8 Å². The van der Waals surface area contributed by atoms with Crippen LogP contribution < -0.4 is 0 Å². The normalized spacial score (nSPS) is 29.5. The second-order valence-electron chi connectivity index (χ2n) is 5.50. The molecule has 1 N–H and O–H groups in total. The van der Waals surface area contributed by atoms with Crippen molar-refractivity contribution in [1.29, 1.82) is 5.41 Å². The summed E-state index contributed by atoms with van der Waals surface area (Å²) in [6.07, 6.45) is 3.32.